The van der Waals surface area contributed by atoms with E-state index in [0.29, 0.717) is 0 Å². The summed E-state index contributed by atoms with van der Waals surface area (Å²) in [5.41, 5.74) is 3.56. The van der Waals surface area contributed by atoms with Crippen molar-refractivity contribution in [2.24, 2.45) is 0 Å². The number of rotatable bonds is 2. The Labute approximate surface area is 159 Å². The molecule has 0 saturated carbocycles. The minimum Gasteiger partial charge on any atom is -0.333 e. The molecule has 1 aliphatic heterocycles. The van der Waals surface area contributed by atoms with Crippen molar-refractivity contribution in [2.75, 3.05) is 19.6 Å². The number of carbonyl (C=O) groups is 1. The van der Waals surface area contributed by atoms with E-state index in [1.165, 1.54) is 11.1 Å². The van der Waals surface area contributed by atoms with Crippen molar-refractivity contribution in [1.82, 2.24) is 10.2 Å². The molecule has 1 amide bonds. The van der Waals surface area contributed by atoms with Crippen LogP contribution in [-0.4, -0.2) is 30.4 Å². The summed E-state index contributed by atoms with van der Waals surface area (Å²) in [5, 5.41) is 4.13. The first kappa shape index (κ1) is 18.2. The van der Waals surface area contributed by atoms with E-state index in [1.807, 2.05) is 35.2 Å². The summed E-state index contributed by atoms with van der Waals surface area (Å²) in [4.78, 5) is 15.3. The Kier molecular flexibility index (Phi) is 5.67. The van der Waals surface area contributed by atoms with E-state index < -0.39 is 0 Å². The number of amides is 1. The average molecular weight is 377 g/mol. The standard InChI is InChI=1S/C20H21ClN2O.ClH/c21-18-8-4-3-7-17(18)19-13-22-11-12-23(19)20(24)16-10-9-14-5-1-2-6-15(14)16;/h1-8,16,19,22H,9-13H2;1H. The molecular weight excluding hydrogens is 355 g/mol. The van der Waals surface area contributed by atoms with Gasteiger partial charge in [-0.3, -0.25) is 4.79 Å². The lowest BCUT2D eigenvalue weighted by molar-refractivity contribution is -0.136. The van der Waals surface area contributed by atoms with Crippen molar-refractivity contribution in [3.8, 4) is 0 Å². The van der Waals surface area contributed by atoms with Gasteiger partial charge in [-0.25, -0.2) is 0 Å². The van der Waals surface area contributed by atoms with Gasteiger partial charge < -0.3 is 10.2 Å². The van der Waals surface area contributed by atoms with Gasteiger partial charge in [0.1, 0.15) is 0 Å². The molecule has 2 aromatic carbocycles. The van der Waals surface area contributed by atoms with Crippen LogP contribution < -0.4 is 5.32 Å². The van der Waals surface area contributed by atoms with E-state index in [-0.39, 0.29) is 30.3 Å². The third-order valence-corrected chi connectivity index (χ3v) is 5.57. The van der Waals surface area contributed by atoms with Crippen LogP contribution in [0.3, 0.4) is 0 Å². The lowest BCUT2D eigenvalue weighted by Crippen LogP contribution is -2.50. The quantitative estimate of drug-likeness (QED) is 0.859. The van der Waals surface area contributed by atoms with Gasteiger partial charge in [0.05, 0.1) is 12.0 Å². The van der Waals surface area contributed by atoms with Gasteiger partial charge in [-0.15, -0.1) is 12.4 Å². The zero-order valence-electron chi connectivity index (χ0n) is 14.0. The zero-order valence-corrected chi connectivity index (χ0v) is 15.5. The number of halogens is 2. The summed E-state index contributed by atoms with van der Waals surface area (Å²) >= 11 is 6.40. The number of fused-ring (bicyclic) bond motifs is 1. The molecule has 2 aliphatic rings. The number of aryl methyl sites for hydroxylation is 1. The smallest absolute Gasteiger partial charge is 0.230 e. The number of piperazine rings is 1. The number of benzene rings is 2. The first-order chi connectivity index (χ1) is 11.8. The van der Waals surface area contributed by atoms with Gasteiger partial charge in [-0.05, 0) is 35.6 Å². The van der Waals surface area contributed by atoms with E-state index in [1.54, 1.807) is 0 Å². The predicted octanol–water partition coefficient (Wildman–Crippen LogP) is 3.96. The number of hydrogen-bond donors (Lipinski definition) is 1. The molecule has 0 radical (unpaired) electrons. The Balaban J connectivity index is 0.00000182. The highest BCUT2D eigenvalue weighted by Gasteiger charge is 2.36. The highest BCUT2D eigenvalue weighted by atomic mass is 35.5. The fourth-order valence-corrected chi connectivity index (χ4v) is 4.27. The summed E-state index contributed by atoms with van der Waals surface area (Å²) < 4.78 is 0. The second-order valence-electron chi connectivity index (χ2n) is 6.56. The van der Waals surface area contributed by atoms with Crippen molar-refractivity contribution in [2.45, 2.75) is 24.8 Å². The number of nitrogens with one attached hydrogen (secondary N) is 1. The maximum atomic E-state index is 13.3. The van der Waals surface area contributed by atoms with Crippen LogP contribution in [0.25, 0.3) is 0 Å². The Bertz CT molecular complexity index is 765. The van der Waals surface area contributed by atoms with Crippen LogP contribution in [0, 0.1) is 0 Å². The lowest BCUT2D eigenvalue weighted by Gasteiger charge is -2.38. The zero-order chi connectivity index (χ0) is 16.5. The molecule has 1 saturated heterocycles. The molecule has 0 spiro atoms. The largest absolute Gasteiger partial charge is 0.333 e. The fraction of sp³-hybridized carbons (Fsp3) is 0.350. The van der Waals surface area contributed by atoms with E-state index in [0.717, 1.165) is 43.1 Å². The van der Waals surface area contributed by atoms with Gasteiger partial charge in [-0.2, -0.15) is 0 Å². The molecule has 132 valence electrons. The molecule has 3 nitrogen and oxygen atoms in total. The number of carbonyl (C=O) groups excluding carboxylic acids is 1. The van der Waals surface area contributed by atoms with Gasteiger partial charge in [0.2, 0.25) is 5.91 Å². The Hall–Kier alpha value is -1.55. The molecule has 2 aromatic rings. The summed E-state index contributed by atoms with van der Waals surface area (Å²) in [6, 6.07) is 16.2. The van der Waals surface area contributed by atoms with Gasteiger partial charge in [0.15, 0.2) is 0 Å². The highest BCUT2D eigenvalue weighted by Crippen LogP contribution is 2.37. The molecular formula is C20H22Cl2N2O. The monoisotopic (exact) mass is 376 g/mol. The van der Waals surface area contributed by atoms with Crippen molar-refractivity contribution in [3.05, 3.63) is 70.2 Å². The minimum absolute atomic E-state index is 0. The third-order valence-electron chi connectivity index (χ3n) is 5.22. The first-order valence-corrected chi connectivity index (χ1v) is 8.97. The maximum Gasteiger partial charge on any atom is 0.230 e. The van der Waals surface area contributed by atoms with Crippen molar-refractivity contribution in [1.29, 1.82) is 0 Å². The van der Waals surface area contributed by atoms with Crippen LogP contribution in [0.5, 0.6) is 0 Å². The molecule has 5 heteroatoms. The fourth-order valence-electron chi connectivity index (χ4n) is 4.01. The molecule has 1 fully saturated rings. The van der Waals surface area contributed by atoms with Gasteiger partial charge >= 0.3 is 0 Å². The van der Waals surface area contributed by atoms with Crippen molar-refractivity contribution >= 4 is 29.9 Å². The van der Waals surface area contributed by atoms with E-state index in [4.69, 9.17) is 11.6 Å². The molecule has 25 heavy (non-hydrogen) atoms. The Morgan fingerprint density at radius 1 is 1.08 bits per heavy atom. The normalized spacial score (nSPS) is 22.2. The maximum absolute atomic E-state index is 13.3. The second-order valence-corrected chi connectivity index (χ2v) is 6.97. The van der Waals surface area contributed by atoms with Crippen LogP contribution in [0.1, 0.15) is 35.1 Å². The highest BCUT2D eigenvalue weighted by molar-refractivity contribution is 6.31. The van der Waals surface area contributed by atoms with Crippen LogP contribution in [0.15, 0.2) is 48.5 Å². The first-order valence-electron chi connectivity index (χ1n) is 8.59. The molecule has 2 unspecified atom stereocenters. The van der Waals surface area contributed by atoms with Crippen molar-refractivity contribution in [3.63, 3.8) is 0 Å². The van der Waals surface area contributed by atoms with E-state index in [9.17, 15) is 4.79 Å². The van der Waals surface area contributed by atoms with Crippen molar-refractivity contribution < 1.29 is 4.79 Å². The molecule has 2 atom stereocenters. The molecule has 0 aromatic heterocycles. The van der Waals surface area contributed by atoms with Crippen LogP contribution >= 0.6 is 24.0 Å². The summed E-state index contributed by atoms with van der Waals surface area (Å²) in [6.45, 7) is 2.32. The topological polar surface area (TPSA) is 32.3 Å². The number of hydrogen-bond acceptors (Lipinski definition) is 2. The third kappa shape index (κ3) is 3.41. The summed E-state index contributed by atoms with van der Waals surface area (Å²) in [5.74, 6) is 0.232. The Morgan fingerprint density at radius 2 is 1.80 bits per heavy atom. The molecule has 0 bridgehead atoms. The predicted molar refractivity (Wildman–Crippen MR) is 104 cm³/mol. The van der Waals surface area contributed by atoms with E-state index >= 15 is 0 Å². The van der Waals surface area contributed by atoms with Gasteiger partial charge in [-0.1, -0.05) is 54.1 Å². The SMILES string of the molecule is Cl.O=C(C1CCc2ccccc21)N1CCNCC1c1ccccc1Cl. The molecule has 4 rings (SSSR count). The minimum atomic E-state index is -0.00992. The lowest BCUT2D eigenvalue weighted by atomic mass is 9.96. The summed E-state index contributed by atoms with van der Waals surface area (Å²) in [6.07, 6.45) is 1.91. The second kappa shape index (κ2) is 7.77. The van der Waals surface area contributed by atoms with Gasteiger partial charge in [0, 0.05) is 24.7 Å². The van der Waals surface area contributed by atoms with Crippen LogP contribution in [0.4, 0.5) is 0 Å². The summed E-state index contributed by atoms with van der Waals surface area (Å²) in [7, 11) is 0. The van der Waals surface area contributed by atoms with Crippen LogP contribution in [0.2, 0.25) is 5.02 Å². The molecule has 1 heterocycles. The Morgan fingerprint density at radius 3 is 2.60 bits per heavy atom. The average Bonchev–Trinajstić information content (AvgIpc) is 3.06. The molecule has 1 N–H and O–H groups in total. The number of nitrogens with zero attached hydrogens (tertiary/aromatic N) is 1. The molecule has 1 aliphatic carbocycles. The van der Waals surface area contributed by atoms with Gasteiger partial charge in [0.25, 0.3) is 0 Å². The van der Waals surface area contributed by atoms with Crippen LogP contribution in [-0.2, 0) is 11.2 Å². The van der Waals surface area contributed by atoms with E-state index in [2.05, 4.69) is 23.5 Å².